The molecule has 1 heterocycles. The molecule has 0 fully saturated rings. The van der Waals surface area contributed by atoms with Gasteiger partial charge in [-0.3, -0.25) is 4.79 Å². The first-order valence-corrected chi connectivity index (χ1v) is 9.05. The Kier molecular flexibility index (Phi) is 5.13. The summed E-state index contributed by atoms with van der Waals surface area (Å²) in [6.45, 7) is 3.98. The maximum Gasteiger partial charge on any atom is 0.228 e. The minimum Gasteiger partial charge on any atom is -0.493 e. The van der Waals surface area contributed by atoms with Gasteiger partial charge in [0.15, 0.2) is 11.5 Å². The van der Waals surface area contributed by atoms with Crippen LogP contribution in [0.4, 0.5) is 0 Å². The number of carbonyl (C=O) groups is 1. The van der Waals surface area contributed by atoms with Crippen molar-refractivity contribution in [3.63, 3.8) is 0 Å². The fourth-order valence-electron chi connectivity index (χ4n) is 3.62. The van der Waals surface area contributed by atoms with Gasteiger partial charge < -0.3 is 19.6 Å². The van der Waals surface area contributed by atoms with Crippen LogP contribution in [0.1, 0.15) is 32.3 Å². The number of benzene rings is 2. The molecule has 0 saturated heterocycles. The van der Waals surface area contributed by atoms with Gasteiger partial charge in [0.2, 0.25) is 5.91 Å². The molecule has 0 radical (unpaired) electrons. The van der Waals surface area contributed by atoms with Gasteiger partial charge in [-0.25, -0.2) is 0 Å². The molecule has 142 valence electrons. The van der Waals surface area contributed by atoms with Crippen molar-refractivity contribution in [1.29, 1.82) is 0 Å². The number of nitrogens with two attached hydrogens (primary N) is 1. The molecule has 0 aliphatic heterocycles. The summed E-state index contributed by atoms with van der Waals surface area (Å²) >= 11 is 0. The van der Waals surface area contributed by atoms with Gasteiger partial charge in [0.1, 0.15) is 11.3 Å². The van der Waals surface area contributed by atoms with Crippen molar-refractivity contribution in [2.45, 2.75) is 32.1 Å². The van der Waals surface area contributed by atoms with Gasteiger partial charge in [0.05, 0.1) is 19.6 Å². The second-order valence-electron chi connectivity index (χ2n) is 6.59. The quantitative estimate of drug-likeness (QED) is 0.659. The van der Waals surface area contributed by atoms with Gasteiger partial charge in [-0.05, 0) is 54.8 Å². The van der Waals surface area contributed by atoms with E-state index in [0.717, 1.165) is 27.9 Å². The van der Waals surface area contributed by atoms with E-state index in [1.54, 1.807) is 14.2 Å². The lowest BCUT2D eigenvalue weighted by molar-refractivity contribution is -0.123. The van der Waals surface area contributed by atoms with E-state index in [1.807, 2.05) is 56.3 Å². The lowest BCUT2D eigenvalue weighted by atomic mass is 9.75. The van der Waals surface area contributed by atoms with Gasteiger partial charge in [0, 0.05) is 10.9 Å². The molecular weight excluding hydrogens is 342 g/mol. The van der Waals surface area contributed by atoms with E-state index in [2.05, 4.69) is 0 Å². The van der Waals surface area contributed by atoms with E-state index in [1.165, 1.54) is 0 Å². The third-order valence-electron chi connectivity index (χ3n) is 5.42. The smallest absolute Gasteiger partial charge is 0.228 e. The lowest BCUT2D eigenvalue weighted by Crippen LogP contribution is -2.40. The molecule has 0 atom stereocenters. The molecule has 1 aromatic heterocycles. The molecule has 0 saturated carbocycles. The zero-order valence-corrected chi connectivity index (χ0v) is 16.2. The molecule has 0 spiro atoms. The van der Waals surface area contributed by atoms with Crippen LogP contribution in [0.15, 0.2) is 46.9 Å². The molecule has 2 aromatic carbocycles. The summed E-state index contributed by atoms with van der Waals surface area (Å²) in [6, 6.07) is 13.5. The monoisotopic (exact) mass is 367 g/mol. The van der Waals surface area contributed by atoms with Crippen molar-refractivity contribution in [2.24, 2.45) is 5.73 Å². The van der Waals surface area contributed by atoms with Crippen molar-refractivity contribution in [2.75, 3.05) is 14.2 Å². The Balaban J connectivity index is 2.08. The number of hydrogen-bond acceptors (Lipinski definition) is 4. The molecule has 5 nitrogen and oxygen atoms in total. The Labute approximate surface area is 159 Å². The normalized spacial score (nSPS) is 11.6. The van der Waals surface area contributed by atoms with Gasteiger partial charge in [0.25, 0.3) is 0 Å². The SMILES string of the molecule is CCC(CC)(C(N)=O)c1ccc2oc(-c3ccc(OC)c(OC)c3)cc2c1. The number of hydrogen-bond donors (Lipinski definition) is 1. The van der Waals surface area contributed by atoms with Crippen LogP contribution >= 0.6 is 0 Å². The summed E-state index contributed by atoms with van der Waals surface area (Å²) in [5.41, 5.74) is 7.65. The van der Waals surface area contributed by atoms with E-state index in [0.29, 0.717) is 24.3 Å². The van der Waals surface area contributed by atoms with Gasteiger partial charge in [-0.2, -0.15) is 0 Å². The Morgan fingerprint density at radius 1 is 1.00 bits per heavy atom. The number of amides is 1. The summed E-state index contributed by atoms with van der Waals surface area (Å²) in [5, 5.41) is 0.935. The number of methoxy groups -OCH3 is 2. The number of primary amides is 1. The van der Waals surface area contributed by atoms with E-state index in [9.17, 15) is 4.79 Å². The molecule has 0 aliphatic carbocycles. The second-order valence-corrected chi connectivity index (χ2v) is 6.59. The molecule has 27 heavy (non-hydrogen) atoms. The van der Waals surface area contributed by atoms with Crippen LogP contribution in [0.2, 0.25) is 0 Å². The van der Waals surface area contributed by atoms with E-state index < -0.39 is 5.41 Å². The minimum atomic E-state index is -0.658. The summed E-state index contributed by atoms with van der Waals surface area (Å²) in [4.78, 5) is 12.2. The Morgan fingerprint density at radius 2 is 1.70 bits per heavy atom. The molecule has 0 unspecified atom stereocenters. The van der Waals surface area contributed by atoms with E-state index in [-0.39, 0.29) is 5.91 Å². The Morgan fingerprint density at radius 3 is 2.30 bits per heavy atom. The zero-order chi connectivity index (χ0) is 19.6. The fraction of sp³-hybridized carbons (Fsp3) is 0.318. The topological polar surface area (TPSA) is 74.7 Å². The highest BCUT2D eigenvalue weighted by Crippen LogP contribution is 2.37. The van der Waals surface area contributed by atoms with Gasteiger partial charge in [-0.15, -0.1) is 0 Å². The second kappa shape index (κ2) is 7.35. The first-order chi connectivity index (χ1) is 13.0. The molecule has 0 aliphatic rings. The largest absolute Gasteiger partial charge is 0.493 e. The maximum atomic E-state index is 12.2. The van der Waals surface area contributed by atoms with Crippen molar-refractivity contribution >= 4 is 16.9 Å². The highest BCUT2D eigenvalue weighted by Gasteiger charge is 2.35. The van der Waals surface area contributed by atoms with E-state index in [4.69, 9.17) is 19.6 Å². The highest BCUT2D eigenvalue weighted by atomic mass is 16.5. The standard InChI is InChI=1S/C22H25NO4/c1-5-22(6-2,21(23)24)16-8-10-17-15(11-16)13-19(27-17)14-7-9-18(25-3)20(12-14)26-4/h7-13H,5-6H2,1-4H3,(H2,23,24). The van der Waals surface area contributed by atoms with Crippen LogP contribution in [-0.2, 0) is 10.2 Å². The zero-order valence-electron chi connectivity index (χ0n) is 16.2. The van der Waals surface area contributed by atoms with Crippen LogP contribution in [-0.4, -0.2) is 20.1 Å². The predicted octanol–water partition coefficient (Wildman–Crippen LogP) is 4.66. The Hall–Kier alpha value is -2.95. The molecule has 0 bridgehead atoms. The number of rotatable bonds is 7. The summed E-state index contributed by atoms with van der Waals surface area (Å²) in [6.07, 6.45) is 1.31. The van der Waals surface area contributed by atoms with Crippen LogP contribution < -0.4 is 15.2 Å². The average molecular weight is 367 g/mol. The van der Waals surface area contributed by atoms with Crippen molar-refractivity contribution in [3.8, 4) is 22.8 Å². The number of carbonyl (C=O) groups excluding carboxylic acids is 1. The number of fused-ring (bicyclic) bond motifs is 1. The summed E-state index contributed by atoms with van der Waals surface area (Å²) < 4.78 is 16.7. The molecule has 5 heteroatoms. The van der Waals surface area contributed by atoms with Gasteiger partial charge in [-0.1, -0.05) is 19.9 Å². The number of ether oxygens (including phenoxy) is 2. The van der Waals surface area contributed by atoms with Crippen LogP contribution in [0.5, 0.6) is 11.5 Å². The molecule has 2 N–H and O–H groups in total. The summed E-state index contributed by atoms with van der Waals surface area (Å²) in [5.74, 6) is 1.73. The fourth-order valence-corrected chi connectivity index (χ4v) is 3.62. The van der Waals surface area contributed by atoms with Crippen LogP contribution in [0, 0.1) is 0 Å². The van der Waals surface area contributed by atoms with Crippen molar-refractivity contribution in [3.05, 3.63) is 48.0 Å². The summed E-state index contributed by atoms with van der Waals surface area (Å²) in [7, 11) is 3.21. The highest BCUT2D eigenvalue weighted by molar-refractivity contribution is 5.90. The van der Waals surface area contributed by atoms with Crippen LogP contribution in [0.3, 0.4) is 0 Å². The lowest BCUT2D eigenvalue weighted by Gasteiger charge is -2.28. The Bertz CT molecular complexity index is 970. The van der Waals surface area contributed by atoms with Gasteiger partial charge >= 0.3 is 0 Å². The van der Waals surface area contributed by atoms with Crippen LogP contribution in [0.25, 0.3) is 22.3 Å². The van der Waals surface area contributed by atoms with Crippen molar-refractivity contribution in [1.82, 2.24) is 0 Å². The molecule has 1 amide bonds. The first-order valence-electron chi connectivity index (χ1n) is 9.05. The predicted molar refractivity (Wildman–Crippen MR) is 106 cm³/mol. The minimum absolute atomic E-state index is 0.296. The maximum absolute atomic E-state index is 12.2. The third kappa shape index (κ3) is 3.14. The first kappa shape index (κ1) is 18.8. The molecule has 3 aromatic rings. The number of furan rings is 1. The third-order valence-corrected chi connectivity index (χ3v) is 5.42. The molecular formula is C22H25NO4. The molecule has 3 rings (SSSR count). The van der Waals surface area contributed by atoms with E-state index >= 15 is 0 Å². The average Bonchev–Trinajstić information content (AvgIpc) is 3.12. The van der Waals surface area contributed by atoms with Crippen molar-refractivity contribution < 1.29 is 18.7 Å².